The van der Waals surface area contributed by atoms with E-state index in [2.05, 4.69) is 29.4 Å². The number of ether oxygens (including phenoxy) is 1. The SMILES string of the molecule is CCOc1cccc(CNc2ccc(C(=O)NCCN(CC)CC)cc2)c1O. The Bertz CT molecular complexity index is 743. The largest absolute Gasteiger partial charge is 0.504 e. The highest BCUT2D eigenvalue weighted by Crippen LogP contribution is 2.30. The fraction of sp³-hybridized carbons (Fsp3) is 0.409. The van der Waals surface area contributed by atoms with Gasteiger partial charge in [0.1, 0.15) is 0 Å². The molecule has 2 aromatic rings. The van der Waals surface area contributed by atoms with Gasteiger partial charge in [0.2, 0.25) is 0 Å². The van der Waals surface area contributed by atoms with Crippen molar-refractivity contribution in [3.63, 3.8) is 0 Å². The number of likely N-dealkylation sites (N-methyl/N-ethyl adjacent to an activating group) is 1. The summed E-state index contributed by atoms with van der Waals surface area (Å²) in [7, 11) is 0. The molecule has 0 aliphatic carbocycles. The highest BCUT2D eigenvalue weighted by molar-refractivity contribution is 5.94. The first-order valence-corrected chi connectivity index (χ1v) is 9.87. The smallest absolute Gasteiger partial charge is 0.251 e. The van der Waals surface area contributed by atoms with Crippen LogP contribution in [0.4, 0.5) is 5.69 Å². The van der Waals surface area contributed by atoms with Gasteiger partial charge < -0.3 is 25.4 Å². The average Bonchev–Trinajstić information content (AvgIpc) is 2.72. The van der Waals surface area contributed by atoms with Crippen LogP contribution in [0.2, 0.25) is 0 Å². The first-order chi connectivity index (χ1) is 13.6. The van der Waals surface area contributed by atoms with Gasteiger partial charge in [-0.2, -0.15) is 0 Å². The molecule has 0 saturated heterocycles. The van der Waals surface area contributed by atoms with Crippen molar-refractivity contribution in [1.82, 2.24) is 10.2 Å². The van der Waals surface area contributed by atoms with Crippen LogP contribution in [-0.2, 0) is 6.54 Å². The molecule has 0 bridgehead atoms. The zero-order valence-corrected chi connectivity index (χ0v) is 17.0. The molecule has 6 nitrogen and oxygen atoms in total. The molecular formula is C22H31N3O3. The number of nitrogens with zero attached hydrogens (tertiary/aromatic N) is 1. The highest BCUT2D eigenvalue weighted by atomic mass is 16.5. The van der Waals surface area contributed by atoms with Gasteiger partial charge in [-0.1, -0.05) is 26.0 Å². The zero-order valence-electron chi connectivity index (χ0n) is 17.0. The van der Waals surface area contributed by atoms with Crippen molar-refractivity contribution in [3.8, 4) is 11.5 Å². The topological polar surface area (TPSA) is 73.8 Å². The normalized spacial score (nSPS) is 10.7. The third kappa shape index (κ3) is 6.16. The number of carbonyl (C=O) groups excluding carboxylic acids is 1. The van der Waals surface area contributed by atoms with Crippen molar-refractivity contribution in [2.75, 3.05) is 38.1 Å². The number of aromatic hydroxyl groups is 1. The van der Waals surface area contributed by atoms with E-state index in [4.69, 9.17) is 4.74 Å². The quantitative estimate of drug-likeness (QED) is 0.552. The van der Waals surface area contributed by atoms with Crippen molar-refractivity contribution in [2.45, 2.75) is 27.3 Å². The lowest BCUT2D eigenvalue weighted by Crippen LogP contribution is -2.34. The number of amides is 1. The van der Waals surface area contributed by atoms with Crippen molar-refractivity contribution in [3.05, 3.63) is 53.6 Å². The monoisotopic (exact) mass is 385 g/mol. The molecule has 2 rings (SSSR count). The summed E-state index contributed by atoms with van der Waals surface area (Å²) < 4.78 is 5.41. The molecule has 0 aliphatic rings. The second-order valence-electron chi connectivity index (χ2n) is 6.41. The van der Waals surface area contributed by atoms with Gasteiger partial charge in [-0.05, 0) is 50.3 Å². The number of anilines is 1. The van der Waals surface area contributed by atoms with Crippen LogP contribution in [0.15, 0.2) is 42.5 Å². The number of rotatable bonds is 11. The number of phenolic OH excluding ortho intramolecular Hbond substituents is 1. The maximum absolute atomic E-state index is 12.2. The molecule has 0 heterocycles. The van der Waals surface area contributed by atoms with Gasteiger partial charge in [0.05, 0.1) is 6.61 Å². The molecule has 0 saturated carbocycles. The molecule has 2 aromatic carbocycles. The van der Waals surface area contributed by atoms with Gasteiger partial charge in [0, 0.05) is 36.4 Å². The predicted octanol–water partition coefficient (Wildman–Crippen LogP) is 3.47. The molecule has 0 unspecified atom stereocenters. The molecule has 0 fully saturated rings. The Morgan fingerprint density at radius 3 is 2.43 bits per heavy atom. The van der Waals surface area contributed by atoms with E-state index in [0.29, 0.717) is 31.0 Å². The number of hydrogen-bond donors (Lipinski definition) is 3. The zero-order chi connectivity index (χ0) is 20.4. The van der Waals surface area contributed by atoms with Gasteiger partial charge in [0.25, 0.3) is 5.91 Å². The Kier molecular flexibility index (Phi) is 8.62. The van der Waals surface area contributed by atoms with Gasteiger partial charge in [-0.15, -0.1) is 0 Å². The van der Waals surface area contributed by atoms with E-state index in [1.807, 2.05) is 31.2 Å². The van der Waals surface area contributed by atoms with E-state index in [9.17, 15) is 9.90 Å². The van der Waals surface area contributed by atoms with Crippen LogP contribution in [-0.4, -0.2) is 48.7 Å². The van der Waals surface area contributed by atoms with E-state index in [0.717, 1.165) is 30.9 Å². The summed E-state index contributed by atoms with van der Waals surface area (Å²) in [6.45, 7) is 10.5. The lowest BCUT2D eigenvalue weighted by molar-refractivity contribution is 0.0949. The predicted molar refractivity (Wildman–Crippen MR) is 113 cm³/mol. The third-order valence-corrected chi connectivity index (χ3v) is 4.62. The van der Waals surface area contributed by atoms with Gasteiger partial charge in [0.15, 0.2) is 11.5 Å². The number of hydrogen-bond acceptors (Lipinski definition) is 5. The molecule has 0 radical (unpaired) electrons. The minimum absolute atomic E-state index is 0.0687. The van der Waals surface area contributed by atoms with E-state index < -0.39 is 0 Å². The van der Waals surface area contributed by atoms with Crippen LogP contribution in [0.5, 0.6) is 11.5 Å². The van der Waals surface area contributed by atoms with E-state index in [1.165, 1.54) is 0 Å². The van der Waals surface area contributed by atoms with E-state index >= 15 is 0 Å². The summed E-state index contributed by atoms with van der Waals surface area (Å²) >= 11 is 0. The number of carbonyl (C=O) groups is 1. The summed E-state index contributed by atoms with van der Waals surface area (Å²) in [4.78, 5) is 14.5. The number of para-hydroxylation sites is 1. The standard InChI is InChI=1S/C22H31N3O3/c1-4-25(5-2)15-14-23-22(27)17-10-12-19(13-11-17)24-16-18-8-7-9-20(21(18)26)28-6-3/h7-13,24,26H,4-6,14-16H2,1-3H3,(H,23,27). The maximum atomic E-state index is 12.2. The molecule has 1 amide bonds. The molecular weight excluding hydrogens is 354 g/mol. The van der Waals surface area contributed by atoms with Crippen LogP contribution in [0.1, 0.15) is 36.7 Å². The summed E-state index contributed by atoms with van der Waals surface area (Å²) in [5.41, 5.74) is 2.26. The fourth-order valence-electron chi connectivity index (χ4n) is 2.89. The first kappa shape index (κ1) is 21.6. The van der Waals surface area contributed by atoms with Gasteiger partial charge in [-0.25, -0.2) is 0 Å². The van der Waals surface area contributed by atoms with E-state index in [1.54, 1.807) is 18.2 Å². The second-order valence-corrected chi connectivity index (χ2v) is 6.41. The molecule has 0 atom stereocenters. The van der Waals surface area contributed by atoms with Crippen molar-refractivity contribution in [1.29, 1.82) is 0 Å². The van der Waals surface area contributed by atoms with Crippen LogP contribution < -0.4 is 15.4 Å². The Hall–Kier alpha value is -2.73. The Morgan fingerprint density at radius 1 is 1.07 bits per heavy atom. The van der Waals surface area contributed by atoms with Crippen molar-refractivity contribution < 1.29 is 14.6 Å². The summed E-state index contributed by atoms with van der Waals surface area (Å²) in [6, 6.07) is 12.8. The van der Waals surface area contributed by atoms with Gasteiger partial charge >= 0.3 is 0 Å². The number of phenols is 1. The molecule has 3 N–H and O–H groups in total. The lowest BCUT2D eigenvalue weighted by Gasteiger charge is -2.18. The van der Waals surface area contributed by atoms with Crippen LogP contribution in [0.3, 0.4) is 0 Å². The Balaban J connectivity index is 1.87. The minimum Gasteiger partial charge on any atom is -0.504 e. The first-order valence-electron chi connectivity index (χ1n) is 9.87. The summed E-state index contributed by atoms with van der Waals surface area (Å²) in [5.74, 6) is 0.570. The summed E-state index contributed by atoms with van der Waals surface area (Å²) in [5, 5.41) is 16.5. The fourth-order valence-corrected chi connectivity index (χ4v) is 2.89. The molecule has 28 heavy (non-hydrogen) atoms. The van der Waals surface area contributed by atoms with Crippen LogP contribution >= 0.6 is 0 Å². The highest BCUT2D eigenvalue weighted by Gasteiger charge is 2.09. The molecule has 6 heteroatoms. The van der Waals surface area contributed by atoms with Crippen molar-refractivity contribution in [2.24, 2.45) is 0 Å². The van der Waals surface area contributed by atoms with Crippen LogP contribution in [0, 0.1) is 0 Å². The number of benzene rings is 2. The summed E-state index contributed by atoms with van der Waals surface area (Å²) in [6.07, 6.45) is 0. The molecule has 0 spiro atoms. The average molecular weight is 386 g/mol. The van der Waals surface area contributed by atoms with Crippen molar-refractivity contribution >= 4 is 11.6 Å². The Labute approximate surface area is 167 Å². The molecule has 152 valence electrons. The van der Waals surface area contributed by atoms with Crippen LogP contribution in [0.25, 0.3) is 0 Å². The Morgan fingerprint density at radius 2 is 1.79 bits per heavy atom. The van der Waals surface area contributed by atoms with Gasteiger partial charge in [-0.3, -0.25) is 4.79 Å². The molecule has 0 aromatic heterocycles. The third-order valence-electron chi connectivity index (χ3n) is 4.62. The van der Waals surface area contributed by atoms with E-state index in [-0.39, 0.29) is 11.7 Å². The maximum Gasteiger partial charge on any atom is 0.251 e. The molecule has 0 aliphatic heterocycles. The second kappa shape index (κ2) is 11.2. The number of nitrogens with one attached hydrogen (secondary N) is 2. The minimum atomic E-state index is -0.0687. The lowest BCUT2D eigenvalue weighted by atomic mass is 10.1.